The third-order valence-electron chi connectivity index (χ3n) is 2.28. The molecule has 0 saturated heterocycles. The molecule has 0 aliphatic heterocycles. The van der Waals surface area contributed by atoms with Crippen molar-refractivity contribution < 1.29 is 0 Å². The van der Waals surface area contributed by atoms with E-state index in [0.29, 0.717) is 27.5 Å². The molecule has 0 saturated carbocycles. The molecular weight excluding hydrogens is 351 g/mol. The summed E-state index contributed by atoms with van der Waals surface area (Å²) in [4.78, 5) is 8.49. The minimum Gasteiger partial charge on any atom is -0.354 e. The lowest BCUT2D eigenvalue weighted by Crippen LogP contribution is -2.04. The summed E-state index contributed by atoms with van der Waals surface area (Å²) >= 11 is 15.5. The van der Waals surface area contributed by atoms with Crippen LogP contribution in [0.2, 0.25) is 10.0 Å². The molecule has 0 aliphatic carbocycles. The van der Waals surface area contributed by atoms with Gasteiger partial charge in [-0.25, -0.2) is 4.98 Å². The number of anilines is 3. The number of aromatic nitrogens is 2. The number of rotatable bonds is 4. The predicted molar refractivity (Wildman–Crippen MR) is 83.6 cm³/mol. The fraction of sp³-hybridized carbons (Fsp3) is 0.167. The van der Waals surface area contributed by atoms with Crippen molar-refractivity contribution in [3.05, 3.63) is 38.9 Å². The van der Waals surface area contributed by atoms with E-state index >= 15 is 0 Å². The number of benzene rings is 1. The van der Waals surface area contributed by atoms with Crippen LogP contribution < -0.4 is 10.6 Å². The first-order valence-corrected chi connectivity index (χ1v) is 7.14. The van der Waals surface area contributed by atoms with E-state index in [0.717, 1.165) is 11.0 Å². The molecule has 0 amide bonds. The van der Waals surface area contributed by atoms with Crippen LogP contribution in [0.5, 0.6) is 0 Å². The van der Waals surface area contributed by atoms with Crippen molar-refractivity contribution in [3.63, 3.8) is 0 Å². The Morgan fingerprint density at radius 2 is 2.11 bits per heavy atom. The zero-order chi connectivity index (χ0) is 13.8. The standard InChI is InChI=1S/C12H11BrCl2N4/c1-2-16-12-17-6-7(13)11(19-12)18-9-5-3-4-8(14)10(9)15/h3-6H,2H2,1H3,(H2,16,17,18,19). The Hall–Kier alpha value is -1.04. The van der Waals surface area contributed by atoms with Gasteiger partial charge in [0.15, 0.2) is 0 Å². The number of nitrogens with zero attached hydrogens (tertiary/aromatic N) is 2. The lowest BCUT2D eigenvalue weighted by molar-refractivity contribution is 1.08. The first-order chi connectivity index (χ1) is 9.11. The molecule has 0 aliphatic rings. The van der Waals surface area contributed by atoms with Gasteiger partial charge in [0.25, 0.3) is 0 Å². The fourth-order valence-electron chi connectivity index (χ4n) is 1.43. The van der Waals surface area contributed by atoms with Crippen molar-refractivity contribution in [2.24, 2.45) is 0 Å². The normalized spacial score (nSPS) is 10.3. The topological polar surface area (TPSA) is 49.8 Å². The lowest BCUT2D eigenvalue weighted by atomic mass is 10.3. The molecule has 0 spiro atoms. The summed E-state index contributed by atoms with van der Waals surface area (Å²) in [5.74, 6) is 1.17. The van der Waals surface area contributed by atoms with Gasteiger partial charge in [-0.05, 0) is 35.0 Å². The van der Waals surface area contributed by atoms with Crippen LogP contribution in [0.4, 0.5) is 17.5 Å². The van der Waals surface area contributed by atoms with Crippen molar-refractivity contribution >= 4 is 56.6 Å². The highest BCUT2D eigenvalue weighted by Crippen LogP contribution is 2.33. The number of halogens is 3. The molecule has 2 aromatic rings. The summed E-state index contributed by atoms with van der Waals surface area (Å²) in [5.41, 5.74) is 0.691. The largest absolute Gasteiger partial charge is 0.354 e. The average Bonchev–Trinajstić information content (AvgIpc) is 2.39. The summed E-state index contributed by atoms with van der Waals surface area (Å²) in [6.07, 6.45) is 1.67. The summed E-state index contributed by atoms with van der Waals surface area (Å²) in [6, 6.07) is 5.38. The van der Waals surface area contributed by atoms with E-state index in [1.165, 1.54) is 0 Å². The van der Waals surface area contributed by atoms with Gasteiger partial charge in [-0.1, -0.05) is 29.3 Å². The fourth-order valence-corrected chi connectivity index (χ4v) is 2.06. The SMILES string of the molecule is CCNc1ncc(Br)c(Nc2cccc(Cl)c2Cl)n1. The van der Waals surface area contributed by atoms with Crippen LogP contribution in [-0.4, -0.2) is 16.5 Å². The molecule has 1 heterocycles. The second kappa shape index (κ2) is 6.41. The zero-order valence-electron chi connectivity index (χ0n) is 10.0. The maximum Gasteiger partial charge on any atom is 0.224 e. The Balaban J connectivity index is 2.32. The molecular formula is C12H11BrCl2N4. The van der Waals surface area contributed by atoms with E-state index in [9.17, 15) is 0 Å². The van der Waals surface area contributed by atoms with Crippen LogP contribution in [-0.2, 0) is 0 Å². The van der Waals surface area contributed by atoms with Gasteiger partial charge in [0.05, 0.1) is 20.2 Å². The van der Waals surface area contributed by atoms with Crippen LogP contribution in [0.15, 0.2) is 28.9 Å². The Kier molecular flexibility index (Phi) is 4.85. The van der Waals surface area contributed by atoms with Gasteiger partial charge in [-0.15, -0.1) is 0 Å². The molecule has 4 nitrogen and oxygen atoms in total. The Morgan fingerprint density at radius 3 is 2.84 bits per heavy atom. The van der Waals surface area contributed by atoms with Crippen LogP contribution in [0.1, 0.15) is 6.92 Å². The van der Waals surface area contributed by atoms with Gasteiger partial charge in [0.1, 0.15) is 5.82 Å². The lowest BCUT2D eigenvalue weighted by Gasteiger charge is -2.11. The molecule has 1 aromatic carbocycles. The average molecular weight is 362 g/mol. The molecule has 0 radical (unpaired) electrons. The van der Waals surface area contributed by atoms with E-state index in [4.69, 9.17) is 23.2 Å². The van der Waals surface area contributed by atoms with Gasteiger partial charge < -0.3 is 10.6 Å². The third kappa shape index (κ3) is 3.49. The first-order valence-electron chi connectivity index (χ1n) is 5.59. The van der Waals surface area contributed by atoms with Crippen LogP contribution in [0, 0.1) is 0 Å². The third-order valence-corrected chi connectivity index (χ3v) is 3.68. The highest BCUT2D eigenvalue weighted by Gasteiger charge is 2.09. The number of hydrogen-bond donors (Lipinski definition) is 2. The number of nitrogens with one attached hydrogen (secondary N) is 2. The quantitative estimate of drug-likeness (QED) is 0.827. The van der Waals surface area contributed by atoms with E-state index in [1.54, 1.807) is 12.3 Å². The van der Waals surface area contributed by atoms with Crippen molar-refractivity contribution in [2.75, 3.05) is 17.2 Å². The predicted octanol–water partition coefficient (Wildman–Crippen LogP) is 4.72. The molecule has 2 rings (SSSR count). The summed E-state index contributed by atoms with van der Waals surface area (Å²) in [5, 5.41) is 7.12. The van der Waals surface area contributed by atoms with E-state index in [1.807, 2.05) is 19.1 Å². The molecule has 0 unspecified atom stereocenters. The maximum absolute atomic E-state index is 6.13. The molecule has 7 heteroatoms. The molecule has 0 fully saturated rings. The van der Waals surface area contributed by atoms with Crippen LogP contribution in [0.3, 0.4) is 0 Å². The molecule has 0 bridgehead atoms. The first kappa shape index (κ1) is 14.4. The van der Waals surface area contributed by atoms with Gasteiger partial charge >= 0.3 is 0 Å². The summed E-state index contributed by atoms with van der Waals surface area (Å²) in [6.45, 7) is 2.73. The summed E-state index contributed by atoms with van der Waals surface area (Å²) < 4.78 is 0.741. The van der Waals surface area contributed by atoms with E-state index < -0.39 is 0 Å². The van der Waals surface area contributed by atoms with Gasteiger partial charge in [-0.3, -0.25) is 0 Å². The van der Waals surface area contributed by atoms with Crippen LogP contribution >= 0.6 is 39.1 Å². The van der Waals surface area contributed by atoms with Crippen molar-refractivity contribution in [3.8, 4) is 0 Å². The van der Waals surface area contributed by atoms with Gasteiger partial charge in [0.2, 0.25) is 5.95 Å². The Bertz CT molecular complexity index is 592. The van der Waals surface area contributed by atoms with Crippen molar-refractivity contribution in [2.45, 2.75) is 6.92 Å². The summed E-state index contributed by atoms with van der Waals surface area (Å²) in [7, 11) is 0. The molecule has 2 N–H and O–H groups in total. The van der Waals surface area contributed by atoms with Gasteiger partial charge in [-0.2, -0.15) is 4.98 Å². The highest BCUT2D eigenvalue weighted by atomic mass is 79.9. The van der Waals surface area contributed by atoms with Crippen molar-refractivity contribution in [1.29, 1.82) is 0 Å². The molecule has 1 aromatic heterocycles. The van der Waals surface area contributed by atoms with Gasteiger partial charge in [0, 0.05) is 12.7 Å². The second-order valence-electron chi connectivity index (χ2n) is 3.65. The Morgan fingerprint density at radius 1 is 1.32 bits per heavy atom. The van der Waals surface area contributed by atoms with Crippen molar-refractivity contribution in [1.82, 2.24) is 9.97 Å². The monoisotopic (exact) mass is 360 g/mol. The highest BCUT2D eigenvalue weighted by molar-refractivity contribution is 9.10. The van der Waals surface area contributed by atoms with E-state index in [-0.39, 0.29) is 0 Å². The molecule has 0 atom stereocenters. The Labute approximate surface area is 129 Å². The molecule has 19 heavy (non-hydrogen) atoms. The minimum absolute atomic E-state index is 0.458. The van der Waals surface area contributed by atoms with E-state index in [2.05, 4.69) is 36.5 Å². The smallest absolute Gasteiger partial charge is 0.224 e. The minimum atomic E-state index is 0.458. The maximum atomic E-state index is 6.13. The second-order valence-corrected chi connectivity index (χ2v) is 5.29. The zero-order valence-corrected chi connectivity index (χ0v) is 13.1. The van der Waals surface area contributed by atoms with Crippen LogP contribution in [0.25, 0.3) is 0 Å². The number of hydrogen-bond acceptors (Lipinski definition) is 4. The molecule has 100 valence electrons.